The van der Waals surface area contributed by atoms with Crippen LogP contribution >= 0.6 is 0 Å². The van der Waals surface area contributed by atoms with Crippen molar-refractivity contribution in [2.75, 3.05) is 13.2 Å². The molecule has 118 valence electrons. The Morgan fingerprint density at radius 3 is 2.82 bits per heavy atom. The van der Waals surface area contributed by atoms with Gasteiger partial charge in [0.1, 0.15) is 13.2 Å². The van der Waals surface area contributed by atoms with Gasteiger partial charge in [0.25, 0.3) is 0 Å². The molecule has 0 saturated heterocycles. The van der Waals surface area contributed by atoms with Gasteiger partial charge in [-0.15, -0.1) is 0 Å². The first-order valence-corrected chi connectivity index (χ1v) is 6.31. The van der Waals surface area contributed by atoms with Crippen molar-refractivity contribution in [3.05, 3.63) is 42.4 Å². The second-order valence-electron chi connectivity index (χ2n) is 4.32. The van der Waals surface area contributed by atoms with Crippen molar-refractivity contribution >= 4 is 5.91 Å². The van der Waals surface area contributed by atoms with Gasteiger partial charge in [0.05, 0.1) is 0 Å². The van der Waals surface area contributed by atoms with E-state index in [4.69, 9.17) is 0 Å². The first-order chi connectivity index (χ1) is 10.5. The van der Waals surface area contributed by atoms with Crippen LogP contribution in [0.4, 0.5) is 13.2 Å². The molecule has 0 saturated carbocycles. The van der Waals surface area contributed by atoms with E-state index in [-0.39, 0.29) is 6.54 Å². The monoisotopic (exact) mass is 314 g/mol. The minimum absolute atomic E-state index is 0.108. The van der Waals surface area contributed by atoms with Crippen LogP contribution in [0.15, 0.2) is 36.8 Å². The van der Waals surface area contributed by atoms with Crippen molar-refractivity contribution in [2.24, 2.45) is 0 Å². The van der Waals surface area contributed by atoms with Gasteiger partial charge in [-0.25, -0.2) is 9.67 Å². The lowest BCUT2D eigenvalue weighted by atomic mass is 10.2. The highest BCUT2D eigenvalue weighted by Crippen LogP contribution is 2.14. The quantitative estimate of drug-likeness (QED) is 0.876. The third-order valence-electron chi connectivity index (χ3n) is 2.56. The zero-order chi connectivity index (χ0) is 16.0. The van der Waals surface area contributed by atoms with E-state index in [0.717, 1.165) is 0 Å². The molecule has 0 radical (unpaired) electrons. The average Bonchev–Trinajstić information content (AvgIpc) is 2.98. The summed E-state index contributed by atoms with van der Waals surface area (Å²) in [6.07, 6.45) is 0.410. The zero-order valence-electron chi connectivity index (χ0n) is 11.4. The number of carbonyl (C=O) groups is 1. The van der Waals surface area contributed by atoms with Gasteiger partial charge in [0, 0.05) is 30.7 Å². The number of halogens is 3. The molecule has 2 rings (SSSR count). The van der Waals surface area contributed by atoms with E-state index in [1.807, 2.05) is 0 Å². The van der Waals surface area contributed by atoms with Gasteiger partial charge < -0.3 is 10.1 Å². The molecule has 6 nitrogen and oxygen atoms in total. The molecular weight excluding hydrogens is 301 g/mol. The Morgan fingerprint density at radius 2 is 2.14 bits per heavy atom. The highest BCUT2D eigenvalue weighted by molar-refractivity contribution is 5.77. The van der Waals surface area contributed by atoms with Gasteiger partial charge >= 0.3 is 6.18 Å². The fourth-order valence-corrected chi connectivity index (χ4v) is 1.67. The normalized spacial score (nSPS) is 11.4. The molecule has 0 atom stereocenters. The first kappa shape index (κ1) is 16.0. The number of pyridine rings is 1. The molecule has 9 heteroatoms. The highest BCUT2D eigenvalue weighted by atomic mass is 19.4. The Balaban J connectivity index is 1.88. The summed E-state index contributed by atoms with van der Waals surface area (Å²) in [5, 5.41) is 6.52. The summed E-state index contributed by atoms with van der Waals surface area (Å²) >= 11 is 0. The Hall–Kier alpha value is -2.42. The van der Waals surface area contributed by atoms with Crippen LogP contribution in [0, 0.1) is 0 Å². The number of nitrogens with one attached hydrogen (secondary N) is 1. The molecule has 0 fully saturated rings. The molecule has 0 aliphatic heterocycles. The number of hydrogen-bond acceptors (Lipinski definition) is 4. The number of amides is 1. The van der Waals surface area contributed by atoms with Gasteiger partial charge in [-0.2, -0.15) is 18.3 Å². The molecule has 0 aliphatic carbocycles. The van der Waals surface area contributed by atoms with Crippen LogP contribution in [0.1, 0.15) is 5.56 Å². The number of aromatic nitrogens is 3. The maximum atomic E-state index is 11.9. The SMILES string of the molecule is O=C(COCC(F)(F)F)NCc1cccnc1-n1cccn1. The van der Waals surface area contributed by atoms with Crippen molar-refractivity contribution in [2.45, 2.75) is 12.7 Å². The van der Waals surface area contributed by atoms with Crippen molar-refractivity contribution < 1.29 is 22.7 Å². The Kier molecular flexibility index (Phi) is 5.10. The lowest BCUT2D eigenvalue weighted by molar-refractivity contribution is -0.175. The van der Waals surface area contributed by atoms with E-state index in [1.54, 1.807) is 36.8 Å². The number of hydrogen-bond donors (Lipinski definition) is 1. The van der Waals surface area contributed by atoms with Gasteiger partial charge in [-0.05, 0) is 12.1 Å². The molecule has 2 heterocycles. The van der Waals surface area contributed by atoms with Gasteiger partial charge in [-0.3, -0.25) is 4.79 Å². The number of rotatable bonds is 6. The molecule has 1 N–H and O–H groups in total. The molecular formula is C13H13F3N4O2. The number of ether oxygens (including phenoxy) is 1. The predicted octanol–water partition coefficient (Wildman–Crippen LogP) is 1.46. The molecule has 1 amide bonds. The molecule has 0 spiro atoms. The standard InChI is InChI=1S/C13H13F3N4O2/c14-13(15,16)9-22-8-11(21)18-7-10-3-1-4-17-12(10)20-6-2-5-19-20/h1-6H,7-9H2,(H,18,21). The number of alkyl halides is 3. The van der Waals surface area contributed by atoms with Crippen LogP contribution in [-0.2, 0) is 16.1 Å². The van der Waals surface area contributed by atoms with Crippen molar-refractivity contribution in [3.8, 4) is 5.82 Å². The maximum Gasteiger partial charge on any atom is 0.411 e. The summed E-state index contributed by atoms with van der Waals surface area (Å²) in [4.78, 5) is 15.6. The summed E-state index contributed by atoms with van der Waals surface area (Å²) in [5.74, 6) is -0.108. The fraction of sp³-hybridized carbons (Fsp3) is 0.308. The Morgan fingerprint density at radius 1 is 1.32 bits per heavy atom. The third kappa shape index (κ3) is 4.85. The number of carbonyl (C=O) groups excluding carboxylic acids is 1. The number of nitrogens with zero attached hydrogens (tertiary/aromatic N) is 3. The van der Waals surface area contributed by atoms with Crippen molar-refractivity contribution in [3.63, 3.8) is 0 Å². The van der Waals surface area contributed by atoms with E-state index >= 15 is 0 Å². The third-order valence-corrected chi connectivity index (χ3v) is 2.56. The van der Waals surface area contributed by atoms with E-state index in [0.29, 0.717) is 11.4 Å². The molecule has 0 aromatic carbocycles. The zero-order valence-corrected chi connectivity index (χ0v) is 11.4. The topological polar surface area (TPSA) is 69.0 Å². The molecule has 2 aromatic heterocycles. The summed E-state index contributed by atoms with van der Waals surface area (Å²) in [7, 11) is 0. The van der Waals surface area contributed by atoms with Gasteiger partial charge in [-0.1, -0.05) is 6.07 Å². The van der Waals surface area contributed by atoms with Crippen LogP contribution in [0.2, 0.25) is 0 Å². The highest BCUT2D eigenvalue weighted by Gasteiger charge is 2.27. The maximum absolute atomic E-state index is 11.9. The second kappa shape index (κ2) is 7.03. The summed E-state index contributed by atoms with van der Waals surface area (Å²) in [5.41, 5.74) is 0.676. The van der Waals surface area contributed by atoms with Crippen LogP contribution in [0.5, 0.6) is 0 Å². The van der Waals surface area contributed by atoms with E-state index in [2.05, 4.69) is 20.1 Å². The lowest BCUT2D eigenvalue weighted by Crippen LogP contribution is -2.29. The molecule has 0 bridgehead atoms. The Labute approximate surface area is 123 Å². The van der Waals surface area contributed by atoms with E-state index < -0.39 is 25.3 Å². The summed E-state index contributed by atoms with van der Waals surface area (Å²) in [6.45, 7) is -2.00. The van der Waals surface area contributed by atoms with Crippen LogP contribution in [0.3, 0.4) is 0 Å². The predicted molar refractivity (Wildman–Crippen MR) is 70.1 cm³/mol. The van der Waals surface area contributed by atoms with Crippen molar-refractivity contribution in [1.82, 2.24) is 20.1 Å². The smallest absolute Gasteiger partial charge is 0.362 e. The lowest BCUT2D eigenvalue weighted by Gasteiger charge is -2.10. The molecule has 0 aliphatic rings. The van der Waals surface area contributed by atoms with Crippen LogP contribution in [-0.4, -0.2) is 40.1 Å². The van der Waals surface area contributed by atoms with Gasteiger partial charge in [0.15, 0.2) is 5.82 Å². The fourth-order valence-electron chi connectivity index (χ4n) is 1.67. The van der Waals surface area contributed by atoms with Crippen molar-refractivity contribution in [1.29, 1.82) is 0 Å². The molecule has 0 unspecified atom stereocenters. The van der Waals surface area contributed by atoms with Crippen LogP contribution < -0.4 is 5.32 Å². The average molecular weight is 314 g/mol. The van der Waals surface area contributed by atoms with Gasteiger partial charge in [0.2, 0.25) is 5.91 Å². The minimum Gasteiger partial charge on any atom is -0.362 e. The van der Waals surface area contributed by atoms with E-state index in [9.17, 15) is 18.0 Å². The summed E-state index contributed by atoms with van der Waals surface area (Å²) in [6, 6.07) is 5.15. The molecule has 2 aromatic rings. The minimum atomic E-state index is -4.45. The van der Waals surface area contributed by atoms with Crippen LogP contribution in [0.25, 0.3) is 5.82 Å². The summed E-state index contributed by atoms with van der Waals surface area (Å²) < 4.78 is 41.5. The Bertz CT molecular complexity index is 614. The second-order valence-corrected chi connectivity index (χ2v) is 4.32. The largest absolute Gasteiger partial charge is 0.411 e. The molecule has 22 heavy (non-hydrogen) atoms. The van der Waals surface area contributed by atoms with E-state index in [1.165, 1.54) is 4.68 Å². The first-order valence-electron chi connectivity index (χ1n) is 6.31.